The number of ether oxygens (including phenoxy) is 1. The van der Waals surface area contributed by atoms with Gasteiger partial charge in [-0.05, 0) is 44.9 Å². The summed E-state index contributed by atoms with van der Waals surface area (Å²) in [7, 11) is 1.67. The lowest BCUT2D eigenvalue weighted by atomic mass is 9.78. The number of nitrogens with one attached hydrogen (secondary N) is 1. The van der Waals surface area contributed by atoms with E-state index in [4.69, 9.17) is 4.74 Å². The third kappa shape index (κ3) is 2.15. The first kappa shape index (κ1) is 11.7. The van der Waals surface area contributed by atoms with Gasteiger partial charge in [0.25, 0.3) is 0 Å². The second kappa shape index (κ2) is 4.60. The molecule has 1 unspecified atom stereocenters. The first-order valence-corrected chi connectivity index (χ1v) is 6.02. The van der Waals surface area contributed by atoms with Gasteiger partial charge in [0.1, 0.15) is 5.76 Å². The van der Waals surface area contributed by atoms with Crippen molar-refractivity contribution in [3.05, 3.63) is 24.0 Å². The van der Waals surface area contributed by atoms with Gasteiger partial charge in [-0.15, -0.1) is 0 Å². The molecule has 3 nitrogen and oxygen atoms in total. The van der Waals surface area contributed by atoms with Gasteiger partial charge in [-0.25, -0.2) is 0 Å². The van der Waals surface area contributed by atoms with Crippen LogP contribution in [-0.4, -0.2) is 30.4 Å². The molecule has 90 valence electrons. The van der Waals surface area contributed by atoms with Crippen LogP contribution in [0.25, 0.3) is 0 Å². The number of hydrogen-bond donors (Lipinski definition) is 2. The van der Waals surface area contributed by atoms with Gasteiger partial charge in [-0.3, -0.25) is 0 Å². The molecule has 0 spiro atoms. The number of aliphatic hydroxyl groups is 1. The van der Waals surface area contributed by atoms with Crippen molar-refractivity contribution in [3.8, 4) is 0 Å². The summed E-state index contributed by atoms with van der Waals surface area (Å²) < 4.78 is 5.15. The first-order chi connectivity index (χ1) is 7.64. The van der Waals surface area contributed by atoms with E-state index in [1.807, 2.05) is 19.1 Å². The third-order valence-corrected chi connectivity index (χ3v) is 3.82. The molecule has 0 amide bonds. The monoisotopic (exact) mass is 223 g/mol. The molecule has 2 aliphatic rings. The minimum Gasteiger partial charge on any atom is -0.497 e. The van der Waals surface area contributed by atoms with E-state index < -0.39 is 5.60 Å². The van der Waals surface area contributed by atoms with E-state index in [9.17, 15) is 5.11 Å². The van der Waals surface area contributed by atoms with Crippen molar-refractivity contribution in [2.75, 3.05) is 13.7 Å². The summed E-state index contributed by atoms with van der Waals surface area (Å²) in [5.74, 6) is 1.08. The third-order valence-electron chi connectivity index (χ3n) is 3.82. The number of rotatable bonds is 3. The molecule has 1 aliphatic heterocycles. The molecule has 1 aliphatic carbocycles. The Kier molecular flexibility index (Phi) is 3.36. The Bertz CT molecular complexity index is 301. The minimum atomic E-state index is -0.664. The Morgan fingerprint density at radius 2 is 2.38 bits per heavy atom. The fraction of sp³-hybridized carbons (Fsp3) is 0.692. The fourth-order valence-electron chi connectivity index (χ4n) is 2.63. The molecule has 0 aromatic rings. The first-order valence-electron chi connectivity index (χ1n) is 6.02. The van der Waals surface area contributed by atoms with Crippen molar-refractivity contribution in [1.29, 1.82) is 0 Å². The predicted octanol–water partition coefficient (Wildman–Crippen LogP) is 1.60. The second-order valence-electron chi connectivity index (χ2n) is 4.89. The summed E-state index contributed by atoms with van der Waals surface area (Å²) in [6.07, 6.45) is 9.16. The molecule has 3 heteroatoms. The van der Waals surface area contributed by atoms with Crippen molar-refractivity contribution >= 4 is 0 Å². The lowest BCUT2D eigenvalue weighted by Gasteiger charge is -2.37. The summed E-state index contributed by atoms with van der Waals surface area (Å²) in [4.78, 5) is 0. The van der Waals surface area contributed by atoms with Gasteiger partial charge in [-0.2, -0.15) is 0 Å². The lowest BCUT2D eigenvalue weighted by molar-refractivity contribution is -0.0128. The van der Waals surface area contributed by atoms with Crippen molar-refractivity contribution in [3.63, 3.8) is 0 Å². The molecule has 1 fully saturated rings. The van der Waals surface area contributed by atoms with Crippen LogP contribution in [0.4, 0.5) is 0 Å². The van der Waals surface area contributed by atoms with Crippen molar-refractivity contribution in [2.24, 2.45) is 5.92 Å². The van der Waals surface area contributed by atoms with Gasteiger partial charge in [0.05, 0.1) is 12.7 Å². The largest absolute Gasteiger partial charge is 0.497 e. The van der Waals surface area contributed by atoms with E-state index in [-0.39, 0.29) is 12.0 Å². The molecule has 0 aromatic carbocycles. The highest BCUT2D eigenvalue weighted by molar-refractivity contribution is 5.21. The molecule has 0 bridgehead atoms. The van der Waals surface area contributed by atoms with Crippen LogP contribution in [0.3, 0.4) is 0 Å². The van der Waals surface area contributed by atoms with Crippen molar-refractivity contribution in [1.82, 2.24) is 5.32 Å². The van der Waals surface area contributed by atoms with E-state index in [2.05, 4.69) is 11.4 Å². The lowest BCUT2D eigenvalue weighted by Crippen LogP contribution is -2.50. The zero-order chi connectivity index (χ0) is 11.6. The normalized spacial score (nSPS) is 33.3. The van der Waals surface area contributed by atoms with E-state index in [1.165, 1.54) is 0 Å². The van der Waals surface area contributed by atoms with Crippen molar-refractivity contribution < 1.29 is 9.84 Å². The Labute approximate surface area is 97.2 Å². The standard InChI is InChI=1S/C13H21NO2/c1-13(15,12-4-3-9-14-12)10-5-7-11(16-2)8-6-10/h5,7-8,10,12,14-15H,3-4,6,9H2,1-2H3/t10?,12-,13+/m0/s1. The Morgan fingerprint density at radius 3 is 2.88 bits per heavy atom. The van der Waals surface area contributed by atoms with Crippen LogP contribution >= 0.6 is 0 Å². The van der Waals surface area contributed by atoms with E-state index in [1.54, 1.807) is 7.11 Å². The highest BCUT2D eigenvalue weighted by atomic mass is 16.5. The summed E-state index contributed by atoms with van der Waals surface area (Å²) in [5, 5.41) is 14.0. The zero-order valence-corrected chi connectivity index (χ0v) is 10.1. The second-order valence-corrected chi connectivity index (χ2v) is 4.89. The quantitative estimate of drug-likeness (QED) is 0.763. The summed E-state index contributed by atoms with van der Waals surface area (Å²) in [6.45, 7) is 2.97. The average molecular weight is 223 g/mol. The Balaban J connectivity index is 2.02. The maximum absolute atomic E-state index is 10.6. The molecule has 0 saturated carbocycles. The molecule has 1 saturated heterocycles. The van der Waals surface area contributed by atoms with Crippen LogP contribution in [0.1, 0.15) is 26.2 Å². The van der Waals surface area contributed by atoms with Gasteiger partial charge >= 0.3 is 0 Å². The van der Waals surface area contributed by atoms with E-state index in [0.717, 1.165) is 31.6 Å². The topological polar surface area (TPSA) is 41.5 Å². The highest BCUT2D eigenvalue weighted by Gasteiger charge is 2.39. The predicted molar refractivity (Wildman–Crippen MR) is 64.0 cm³/mol. The van der Waals surface area contributed by atoms with Gasteiger partial charge in [0.2, 0.25) is 0 Å². The minimum absolute atomic E-state index is 0.182. The van der Waals surface area contributed by atoms with Crippen LogP contribution in [0.5, 0.6) is 0 Å². The number of hydrogen-bond acceptors (Lipinski definition) is 3. The van der Waals surface area contributed by atoms with Crippen LogP contribution in [0.15, 0.2) is 24.0 Å². The van der Waals surface area contributed by atoms with Gasteiger partial charge in [0.15, 0.2) is 0 Å². The number of methoxy groups -OCH3 is 1. The maximum atomic E-state index is 10.6. The van der Waals surface area contributed by atoms with E-state index >= 15 is 0 Å². The summed E-state index contributed by atoms with van der Waals surface area (Å²) in [5.41, 5.74) is -0.664. The molecule has 2 N–H and O–H groups in total. The van der Waals surface area contributed by atoms with Crippen LogP contribution in [-0.2, 0) is 4.74 Å². The van der Waals surface area contributed by atoms with Crippen LogP contribution < -0.4 is 5.32 Å². The van der Waals surface area contributed by atoms with Gasteiger partial charge < -0.3 is 15.2 Å². The zero-order valence-electron chi connectivity index (χ0n) is 10.1. The molecule has 0 aromatic heterocycles. The van der Waals surface area contributed by atoms with Gasteiger partial charge in [-0.1, -0.05) is 6.08 Å². The molecular formula is C13H21NO2. The maximum Gasteiger partial charge on any atom is 0.114 e. The SMILES string of the molecule is COC1=CCC([C@@](C)(O)[C@@H]2CCCN2)C=C1. The molecule has 3 atom stereocenters. The smallest absolute Gasteiger partial charge is 0.114 e. The summed E-state index contributed by atoms with van der Waals surface area (Å²) >= 11 is 0. The van der Waals surface area contributed by atoms with Crippen LogP contribution in [0.2, 0.25) is 0 Å². The fourth-order valence-corrected chi connectivity index (χ4v) is 2.63. The molecule has 0 radical (unpaired) electrons. The van der Waals surface area contributed by atoms with Crippen LogP contribution in [0, 0.1) is 5.92 Å². The van der Waals surface area contributed by atoms with E-state index in [0.29, 0.717) is 0 Å². The molecule has 2 rings (SSSR count). The highest BCUT2D eigenvalue weighted by Crippen LogP contribution is 2.32. The Morgan fingerprint density at radius 1 is 1.56 bits per heavy atom. The Hall–Kier alpha value is -0.800. The molecule has 1 heterocycles. The van der Waals surface area contributed by atoms with Crippen molar-refractivity contribution in [2.45, 2.75) is 37.8 Å². The molecular weight excluding hydrogens is 202 g/mol. The molecule has 16 heavy (non-hydrogen) atoms. The number of allylic oxidation sites excluding steroid dienone is 2. The van der Waals surface area contributed by atoms with Gasteiger partial charge in [0, 0.05) is 12.0 Å². The summed E-state index contributed by atoms with van der Waals surface area (Å²) in [6, 6.07) is 0.222. The average Bonchev–Trinajstić information content (AvgIpc) is 2.83.